The van der Waals surface area contributed by atoms with Gasteiger partial charge in [0.05, 0.1) is 7.11 Å². The van der Waals surface area contributed by atoms with E-state index in [9.17, 15) is 9.59 Å². The number of nitrogens with zero attached hydrogens (tertiary/aromatic N) is 2. The van der Waals surface area contributed by atoms with Crippen molar-refractivity contribution in [2.45, 2.75) is 37.6 Å². The molecule has 0 spiro atoms. The fraction of sp³-hybridized carbons (Fsp3) is 0.389. The van der Waals surface area contributed by atoms with Crippen molar-refractivity contribution in [1.82, 2.24) is 9.55 Å². The third-order valence-corrected chi connectivity index (χ3v) is 5.12. The first kappa shape index (κ1) is 18.3. The number of ether oxygens (including phenoxy) is 1. The number of carbonyl (C=O) groups is 1. The average molecular weight is 346 g/mol. The van der Waals surface area contributed by atoms with Crippen LogP contribution < -0.4 is 5.56 Å². The molecule has 0 fully saturated rings. The van der Waals surface area contributed by atoms with E-state index in [4.69, 9.17) is 4.74 Å². The third-order valence-electron chi connectivity index (χ3n) is 3.99. The predicted molar refractivity (Wildman–Crippen MR) is 95.5 cm³/mol. The number of methoxy groups -OCH3 is 1. The SMILES string of the molecule is COC(=O)C(C)Sc1nc(C)c(Cc2ccccc2C)c(=O)n1C. The van der Waals surface area contributed by atoms with Crippen molar-refractivity contribution < 1.29 is 9.53 Å². The lowest BCUT2D eigenvalue weighted by atomic mass is 10.0. The number of benzene rings is 1. The van der Waals surface area contributed by atoms with Gasteiger partial charge in [-0.25, -0.2) is 4.98 Å². The molecular formula is C18H22N2O3S. The molecule has 6 heteroatoms. The highest BCUT2D eigenvalue weighted by atomic mass is 32.2. The summed E-state index contributed by atoms with van der Waals surface area (Å²) in [4.78, 5) is 28.9. The highest BCUT2D eigenvalue weighted by Gasteiger charge is 2.19. The van der Waals surface area contributed by atoms with Crippen molar-refractivity contribution in [3.05, 3.63) is 57.0 Å². The molecule has 0 amide bonds. The molecule has 128 valence electrons. The summed E-state index contributed by atoms with van der Waals surface area (Å²) in [5.41, 5.74) is 3.56. The molecule has 0 saturated heterocycles. The van der Waals surface area contributed by atoms with Gasteiger partial charge < -0.3 is 4.74 Å². The molecule has 0 aliphatic carbocycles. The van der Waals surface area contributed by atoms with Gasteiger partial charge in [-0.1, -0.05) is 36.0 Å². The Hall–Kier alpha value is -2.08. The molecule has 2 aromatic rings. The summed E-state index contributed by atoms with van der Waals surface area (Å²) in [6.07, 6.45) is 0.551. The molecule has 0 saturated carbocycles. The minimum atomic E-state index is -0.422. The van der Waals surface area contributed by atoms with Gasteiger partial charge in [0.25, 0.3) is 5.56 Å². The van der Waals surface area contributed by atoms with E-state index in [1.165, 1.54) is 23.4 Å². The van der Waals surface area contributed by atoms with Gasteiger partial charge >= 0.3 is 5.97 Å². The van der Waals surface area contributed by atoms with Crippen molar-refractivity contribution in [2.75, 3.05) is 7.11 Å². The van der Waals surface area contributed by atoms with Gasteiger partial charge in [-0.3, -0.25) is 14.2 Å². The number of aryl methyl sites for hydroxylation is 2. The van der Waals surface area contributed by atoms with E-state index in [-0.39, 0.29) is 11.5 Å². The van der Waals surface area contributed by atoms with Crippen LogP contribution in [0.5, 0.6) is 0 Å². The molecular weight excluding hydrogens is 324 g/mol. The number of esters is 1. The highest BCUT2D eigenvalue weighted by molar-refractivity contribution is 8.00. The number of hydrogen-bond acceptors (Lipinski definition) is 5. The first-order chi connectivity index (χ1) is 11.3. The van der Waals surface area contributed by atoms with Crippen LogP contribution in [-0.2, 0) is 23.0 Å². The van der Waals surface area contributed by atoms with Crippen molar-refractivity contribution in [3.8, 4) is 0 Å². The largest absolute Gasteiger partial charge is 0.468 e. The van der Waals surface area contributed by atoms with Crippen LogP contribution in [0.1, 0.15) is 29.3 Å². The lowest BCUT2D eigenvalue weighted by Gasteiger charge is -2.15. The van der Waals surface area contributed by atoms with Crippen LogP contribution in [0.2, 0.25) is 0 Å². The van der Waals surface area contributed by atoms with Gasteiger partial charge in [0.2, 0.25) is 0 Å². The lowest BCUT2D eigenvalue weighted by Crippen LogP contribution is -2.27. The van der Waals surface area contributed by atoms with Crippen LogP contribution in [0.15, 0.2) is 34.2 Å². The molecule has 0 aliphatic rings. The van der Waals surface area contributed by atoms with E-state index in [0.717, 1.165) is 11.1 Å². The summed E-state index contributed by atoms with van der Waals surface area (Å²) in [6, 6.07) is 8.01. The zero-order valence-corrected chi connectivity index (χ0v) is 15.4. The van der Waals surface area contributed by atoms with Crippen LogP contribution in [0.25, 0.3) is 0 Å². The molecule has 1 atom stereocenters. The fourth-order valence-corrected chi connectivity index (χ4v) is 3.35. The highest BCUT2D eigenvalue weighted by Crippen LogP contribution is 2.22. The monoisotopic (exact) mass is 346 g/mol. The van der Waals surface area contributed by atoms with Gasteiger partial charge in [0, 0.05) is 24.7 Å². The summed E-state index contributed by atoms with van der Waals surface area (Å²) in [6.45, 7) is 5.60. The summed E-state index contributed by atoms with van der Waals surface area (Å²) >= 11 is 1.23. The second kappa shape index (κ2) is 7.66. The molecule has 0 radical (unpaired) electrons. The van der Waals surface area contributed by atoms with E-state index < -0.39 is 5.25 Å². The van der Waals surface area contributed by atoms with Crippen LogP contribution in [0.3, 0.4) is 0 Å². The normalized spacial score (nSPS) is 12.0. The number of hydrogen-bond donors (Lipinski definition) is 0. The maximum Gasteiger partial charge on any atom is 0.318 e. The van der Waals surface area contributed by atoms with Crippen molar-refractivity contribution >= 4 is 17.7 Å². The standard InChI is InChI=1S/C18H22N2O3S/c1-11-8-6-7-9-14(11)10-15-12(2)19-18(20(4)16(15)21)24-13(3)17(22)23-5/h6-9,13H,10H2,1-5H3. The first-order valence-electron chi connectivity index (χ1n) is 7.70. The number of rotatable bonds is 5. The molecule has 1 aromatic heterocycles. The smallest absolute Gasteiger partial charge is 0.318 e. The lowest BCUT2D eigenvalue weighted by molar-refractivity contribution is -0.139. The van der Waals surface area contributed by atoms with Gasteiger partial charge in [-0.2, -0.15) is 0 Å². The molecule has 1 heterocycles. The molecule has 5 nitrogen and oxygen atoms in total. The van der Waals surface area contributed by atoms with E-state index in [2.05, 4.69) is 4.98 Å². The van der Waals surface area contributed by atoms with Gasteiger partial charge in [0.15, 0.2) is 5.16 Å². The Balaban J connectivity index is 2.37. The van der Waals surface area contributed by atoms with Crippen molar-refractivity contribution in [3.63, 3.8) is 0 Å². The van der Waals surface area contributed by atoms with Crippen molar-refractivity contribution in [2.24, 2.45) is 7.05 Å². The minimum Gasteiger partial charge on any atom is -0.468 e. The minimum absolute atomic E-state index is 0.0784. The van der Waals surface area contributed by atoms with Gasteiger partial charge in [0.1, 0.15) is 5.25 Å². The summed E-state index contributed by atoms with van der Waals surface area (Å²) in [5.74, 6) is -0.337. The van der Waals surface area contributed by atoms with E-state index in [0.29, 0.717) is 22.8 Å². The molecule has 1 aromatic carbocycles. The second-order valence-corrected chi connectivity index (χ2v) is 7.02. The number of carbonyl (C=O) groups excluding carboxylic acids is 1. The first-order valence-corrected chi connectivity index (χ1v) is 8.58. The molecule has 24 heavy (non-hydrogen) atoms. The maximum atomic E-state index is 12.7. The number of thioether (sulfide) groups is 1. The molecule has 0 N–H and O–H groups in total. The zero-order valence-electron chi connectivity index (χ0n) is 14.6. The Kier molecular flexibility index (Phi) is 5.83. The predicted octanol–water partition coefficient (Wildman–Crippen LogP) is 2.64. The van der Waals surface area contributed by atoms with Crippen LogP contribution >= 0.6 is 11.8 Å². The van der Waals surface area contributed by atoms with Gasteiger partial charge in [-0.05, 0) is 31.9 Å². The quantitative estimate of drug-likeness (QED) is 0.473. The van der Waals surface area contributed by atoms with Crippen LogP contribution in [-0.4, -0.2) is 27.9 Å². The average Bonchev–Trinajstić information content (AvgIpc) is 2.57. The molecule has 0 bridgehead atoms. The van der Waals surface area contributed by atoms with E-state index in [1.807, 2.05) is 38.1 Å². The Bertz CT molecular complexity index is 814. The summed E-state index contributed by atoms with van der Waals surface area (Å²) < 4.78 is 6.23. The molecule has 1 unspecified atom stereocenters. The maximum absolute atomic E-state index is 12.7. The Morgan fingerprint density at radius 2 is 2.00 bits per heavy atom. The summed E-state index contributed by atoms with van der Waals surface area (Å²) in [7, 11) is 3.03. The molecule has 0 aliphatic heterocycles. The van der Waals surface area contributed by atoms with E-state index in [1.54, 1.807) is 14.0 Å². The zero-order chi connectivity index (χ0) is 17.9. The Morgan fingerprint density at radius 1 is 1.33 bits per heavy atom. The Labute approximate surface area is 146 Å². The van der Waals surface area contributed by atoms with Crippen LogP contribution in [0.4, 0.5) is 0 Å². The number of aromatic nitrogens is 2. The van der Waals surface area contributed by atoms with Gasteiger partial charge in [-0.15, -0.1) is 0 Å². The fourth-order valence-electron chi connectivity index (χ4n) is 2.41. The molecule has 2 rings (SSSR count). The van der Waals surface area contributed by atoms with E-state index >= 15 is 0 Å². The third kappa shape index (κ3) is 3.87. The topological polar surface area (TPSA) is 61.2 Å². The second-order valence-electron chi connectivity index (χ2n) is 5.71. The summed E-state index contributed by atoms with van der Waals surface area (Å²) in [5, 5.41) is 0.0960. The van der Waals surface area contributed by atoms with Crippen molar-refractivity contribution in [1.29, 1.82) is 0 Å². The Morgan fingerprint density at radius 3 is 2.62 bits per heavy atom. The van der Waals surface area contributed by atoms with Crippen LogP contribution in [0, 0.1) is 13.8 Å².